The van der Waals surface area contributed by atoms with Gasteiger partial charge in [-0.3, -0.25) is 0 Å². The van der Waals surface area contributed by atoms with Gasteiger partial charge in [-0.25, -0.2) is 4.39 Å². The Kier molecular flexibility index (Phi) is 2.62. The first-order valence-electron chi connectivity index (χ1n) is 3.29. The minimum atomic E-state index is -0.230. The van der Waals surface area contributed by atoms with E-state index in [0.29, 0.717) is 6.54 Å². The Hall–Kier alpha value is -0.410. The van der Waals surface area contributed by atoms with Gasteiger partial charge in [0.2, 0.25) is 0 Å². The number of aryl methyl sites for hydroxylation is 1. The molecule has 2 N–H and O–H groups in total. The van der Waals surface area contributed by atoms with Gasteiger partial charge in [0.1, 0.15) is 5.82 Å². The Morgan fingerprint density at radius 3 is 2.73 bits per heavy atom. The zero-order valence-corrected chi connectivity index (χ0v) is 7.78. The largest absolute Gasteiger partial charge is 0.326 e. The second kappa shape index (κ2) is 3.32. The number of hydrogen-bond acceptors (Lipinski definition) is 1. The monoisotopic (exact) mass is 217 g/mol. The Morgan fingerprint density at radius 1 is 1.55 bits per heavy atom. The van der Waals surface area contributed by atoms with Crippen LogP contribution in [0.3, 0.4) is 0 Å². The van der Waals surface area contributed by atoms with Gasteiger partial charge < -0.3 is 5.73 Å². The first-order chi connectivity index (χ1) is 5.15. The highest BCUT2D eigenvalue weighted by Crippen LogP contribution is 2.21. The smallest absolute Gasteiger partial charge is 0.123 e. The van der Waals surface area contributed by atoms with Crippen LogP contribution in [0.25, 0.3) is 0 Å². The van der Waals surface area contributed by atoms with Crippen LogP contribution in [0, 0.1) is 12.7 Å². The minimum Gasteiger partial charge on any atom is -0.326 e. The summed E-state index contributed by atoms with van der Waals surface area (Å²) in [5.74, 6) is -0.230. The van der Waals surface area contributed by atoms with E-state index in [2.05, 4.69) is 15.9 Å². The third-order valence-electron chi connectivity index (χ3n) is 1.51. The summed E-state index contributed by atoms with van der Waals surface area (Å²) >= 11 is 3.33. The molecule has 1 aromatic carbocycles. The van der Waals surface area contributed by atoms with Gasteiger partial charge in [0.25, 0.3) is 0 Å². The van der Waals surface area contributed by atoms with E-state index >= 15 is 0 Å². The zero-order chi connectivity index (χ0) is 8.43. The molecular formula is C8H9BrFN. The van der Waals surface area contributed by atoms with Crippen LogP contribution in [-0.2, 0) is 6.54 Å². The summed E-state index contributed by atoms with van der Waals surface area (Å²) < 4.78 is 13.6. The van der Waals surface area contributed by atoms with Crippen molar-refractivity contribution in [2.75, 3.05) is 0 Å². The molecule has 0 radical (unpaired) electrons. The SMILES string of the molecule is Cc1cc(F)cc(CN)c1Br. The predicted octanol–water partition coefficient (Wildman–Crippen LogP) is 2.36. The second-order valence-electron chi connectivity index (χ2n) is 2.40. The number of halogens is 2. The van der Waals surface area contributed by atoms with Crippen LogP contribution in [0.4, 0.5) is 4.39 Å². The lowest BCUT2D eigenvalue weighted by molar-refractivity contribution is 0.623. The quantitative estimate of drug-likeness (QED) is 0.769. The second-order valence-corrected chi connectivity index (χ2v) is 3.19. The van der Waals surface area contributed by atoms with E-state index in [9.17, 15) is 4.39 Å². The average molecular weight is 218 g/mol. The molecule has 0 atom stereocenters. The van der Waals surface area contributed by atoms with Gasteiger partial charge in [0, 0.05) is 11.0 Å². The van der Waals surface area contributed by atoms with Crippen molar-refractivity contribution < 1.29 is 4.39 Å². The van der Waals surface area contributed by atoms with Crippen LogP contribution in [-0.4, -0.2) is 0 Å². The molecule has 0 aliphatic heterocycles. The minimum absolute atomic E-state index is 0.230. The van der Waals surface area contributed by atoms with Gasteiger partial charge in [-0.05, 0) is 30.2 Å². The van der Waals surface area contributed by atoms with E-state index in [-0.39, 0.29) is 5.82 Å². The van der Waals surface area contributed by atoms with Crippen molar-refractivity contribution in [3.8, 4) is 0 Å². The molecule has 1 aromatic rings. The molecule has 0 heterocycles. The van der Waals surface area contributed by atoms with Crippen molar-refractivity contribution in [3.63, 3.8) is 0 Å². The highest BCUT2D eigenvalue weighted by molar-refractivity contribution is 9.10. The highest BCUT2D eigenvalue weighted by atomic mass is 79.9. The van der Waals surface area contributed by atoms with Crippen LogP contribution >= 0.6 is 15.9 Å². The maximum Gasteiger partial charge on any atom is 0.123 e. The van der Waals surface area contributed by atoms with Gasteiger partial charge in [-0.15, -0.1) is 0 Å². The van der Waals surface area contributed by atoms with Crippen LogP contribution < -0.4 is 5.73 Å². The van der Waals surface area contributed by atoms with Crippen LogP contribution in [0.2, 0.25) is 0 Å². The van der Waals surface area contributed by atoms with E-state index in [1.54, 1.807) is 0 Å². The Labute approximate surface area is 73.5 Å². The summed E-state index contributed by atoms with van der Waals surface area (Å²) in [6, 6.07) is 2.92. The first-order valence-corrected chi connectivity index (χ1v) is 4.09. The molecule has 0 unspecified atom stereocenters. The molecule has 0 saturated heterocycles. The van der Waals surface area contributed by atoms with E-state index < -0.39 is 0 Å². The number of hydrogen-bond donors (Lipinski definition) is 1. The van der Waals surface area contributed by atoms with E-state index in [0.717, 1.165) is 15.6 Å². The molecule has 60 valence electrons. The molecule has 0 spiro atoms. The first kappa shape index (κ1) is 8.68. The topological polar surface area (TPSA) is 26.0 Å². The number of benzene rings is 1. The highest BCUT2D eigenvalue weighted by Gasteiger charge is 2.03. The van der Waals surface area contributed by atoms with Gasteiger partial charge in [0.15, 0.2) is 0 Å². The molecule has 11 heavy (non-hydrogen) atoms. The molecule has 0 fully saturated rings. The van der Waals surface area contributed by atoms with Crippen molar-refractivity contribution in [2.45, 2.75) is 13.5 Å². The lowest BCUT2D eigenvalue weighted by atomic mass is 10.1. The Bertz CT molecular complexity index is 273. The molecule has 0 saturated carbocycles. The molecule has 1 nitrogen and oxygen atoms in total. The Balaban J connectivity index is 3.24. The van der Waals surface area contributed by atoms with Gasteiger partial charge in [-0.2, -0.15) is 0 Å². The molecule has 0 bridgehead atoms. The summed E-state index contributed by atoms with van der Waals surface area (Å²) in [5.41, 5.74) is 7.08. The third-order valence-corrected chi connectivity index (χ3v) is 2.65. The fraction of sp³-hybridized carbons (Fsp3) is 0.250. The third kappa shape index (κ3) is 1.79. The average Bonchev–Trinajstić information content (AvgIpc) is 1.96. The number of rotatable bonds is 1. The van der Waals surface area contributed by atoms with Gasteiger partial charge in [0.05, 0.1) is 0 Å². The molecule has 0 aromatic heterocycles. The van der Waals surface area contributed by atoms with E-state index in [4.69, 9.17) is 5.73 Å². The van der Waals surface area contributed by atoms with Crippen molar-refractivity contribution in [1.82, 2.24) is 0 Å². The normalized spacial score (nSPS) is 10.2. The van der Waals surface area contributed by atoms with E-state index in [1.165, 1.54) is 12.1 Å². The fourth-order valence-corrected chi connectivity index (χ4v) is 1.33. The summed E-state index contributed by atoms with van der Waals surface area (Å²) in [7, 11) is 0. The maximum absolute atomic E-state index is 12.7. The van der Waals surface area contributed by atoms with Gasteiger partial charge >= 0.3 is 0 Å². The predicted molar refractivity (Wildman–Crippen MR) is 46.7 cm³/mol. The summed E-state index contributed by atoms with van der Waals surface area (Å²) in [5, 5.41) is 0. The van der Waals surface area contributed by atoms with Crippen molar-refractivity contribution in [1.29, 1.82) is 0 Å². The lowest BCUT2D eigenvalue weighted by Crippen LogP contribution is -1.99. The zero-order valence-electron chi connectivity index (χ0n) is 6.20. The van der Waals surface area contributed by atoms with Crippen LogP contribution in [0.15, 0.2) is 16.6 Å². The molecule has 0 amide bonds. The van der Waals surface area contributed by atoms with Crippen LogP contribution in [0.1, 0.15) is 11.1 Å². The van der Waals surface area contributed by atoms with Crippen molar-refractivity contribution >= 4 is 15.9 Å². The Morgan fingerprint density at radius 2 is 2.18 bits per heavy atom. The summed E-state index contributed by atoms with van der Waals surface area (Å²) in [6.07, 6.45) is 0. The summed E-state index contributed by atoms with van der Waals surface area (Å²) in [6.45, 7) is 2.20. The lowest BCUT2D eigenvalue weighted by Gasteiger charge is -2.04. The van der Waals surface area contributed by atoms with Crippen molar-refractivity contribution in [3.05, 3.63) is 33.5 Å². The molecule has 3 heteroatoms. The molecule has 1 rings (SSSR count). The molecular weight excluding hydrogens is 209 g/mol. The molecule has 0 aliphatic carbocycles. The van der Waals surface area contributed by atoms with E-state index in [1.807, 2.05) is 6.92 Å². The van der Waals surface area contributed by atoms with Crippen LogP contribution in [0.5, 0.6) is 0 Å². The fourth-order valence-electron chi connectivity index (χ4n) is 0.943. The number of nitrogens with two attached hydrogens (primary N) is 1. The standard InChI is InChI=1S/C8H9BrFN/c1-5-2-7(10)3-6(4-11)8(5)9/h2-3H,4,11H2,1H3. The maximum atomic E-state index is 12.7. The summed E-state index contributed by atoms with van der Waals surface area (Å²) in [4.78, 5) is 0. The molecule has 0 aliphatic rings. The van der Waals surface area contributed by atoms with Gasteiger partial charge in [-0.1, -0.05) is 15.9 Å². The van der Waals surface area contributed by atoms with Crippen molar-refractivity contribution in [2.24, 2.45) is 5.73 Å².